The Kier molecular flexibility index (Phi) is 6.62. The van der Waals surface area contributed by atoms with Crippen molar-refractivity contribution in [3.05, 3.63) is 29.3 Å². The van der Waals surface area contributed by atoms with E-state index in [9.17, 15) is 19.5 Å². The van der Waals surface area contributed by atoms with Crippen LogP contribution in [0.4, 0.5) is 5.69 Å². The number of anilines is 1. The van der Waals surface area contributed by atoms with Crippen LogP contribution in [0.15, 0.2) is 18.2 Å². The number of unbranched alkanes of at least 4 members (excludes halogenated alkanes) is 1. The fourth-order valence-electron chi connectivity index (χ4n) is 5.60. The zero-order valence-electron chi connectivity index (χ0n) is 18.6. The summed E-state index contributed by atoms with van der Waals surface area (Å²) < 4.78 is -0.645. The molecule has 3 N–H and O–H groups in total. The third kappa shape index (κ3) is 3.66. The Bertz CT molecular complexity index is 944. The van der Waals surface area contributed by atoms with Crippen LogP contribution in [0.25, 0.3) is 0 Å². The molecule has 174 valence electrons. The van der Waals surface area contributed by atoms with Gasteiger partial charge in [-0.2, -0.15) is 0 Å². The molecule has 1 spiro atoms. The molecule has 1 aromatic rings. The van der Waals surface area contributed by atoms with E-state index in [2.05, 4.69) is 26.6 Å². The van der Waals surface area contributed by atoms with Gasteiger partial charge < -0.3 is 20.6 Å². The molecule has 0 aliphatic carbocycles. The summed E-state index contributed by atoms with van der Waals surface area (Å²) in [6.07, 6.45) is 1.82. The van der Waals surface area contributed by atoms with Crippen molar-refractivity contribution in [1.29, 1.82) is 0 Å². The van der Waals surface area contributed by atoms with Crippen molar-refractivity contribution in [2.45, 2.75) is 54.0 Å². The molecule has 3 heterocycles. The molecular formula is C23H30BrN3O4S. The van der Waals surface area contributed by atoms with Crippen LogP contribution in [-0.2, 0) is 14.4 Å². The number of carbonyl (C=O) groups is 3. The number of aliphatic hydroxyl groups excluding tert-OH is 1. The monoisotopic (exact) mass is 523 g/mol. The number of nitrogens with zero attached hydrogens (tertiary/aromatic N) is 1. The van der Waals surface area contributed by atoms with Gasteiger partial charge in [-0.3, -0.25) is 14.4 Å². The van der Waals surface area contributed by atoms with Crippen LogP contribution in [0.1, 0.15) is 30.4 Å². The lowest BCUT2D eigenvalue weighted by Gasteiger charge is -2.35. The molecule has 2 bridgehead atoms. The van der Waals surface area contributed by atoms with E-state index >= 15 is 0 Å². The van der Waals surface area contributed by atoms with Crippen molar-refractivity contribution in [1.82, 2.24) is 10.2 Å². The lowest BCUT2D eigenvalue weighted by atomic mass is 9.70. The third-order valence-corrected chi connectivity index (χ3v) is 10.3. The Morgan fingerprint density at radius 1 is 1.28 bits per heavy atom. The summed E-state index contributed by atoms with van der Waals surface area (Å²) in [5.41, 5.74) is 2.74. The second-order valence-electron chi connectivity index (χ2n) is 9.05. The molecule has 0 radical (unpaired) electrons. The molecule has 3 amide bonds. The predicted octanol–water partition coefficient (Wildman–Crippen LogP) is 2.23. The summed E-state index contributed by atoms with van der Waals surface area (Å²) in [5.74, 6) is -1.45. The number of halogens is 1. The Labute approximate surface area is 201 Å². The van der Waals surface area contributed by atoms with E-state index in [1.807, 2.05) is 32.0 Å². The third-order valence-electron chi connectivity index (χ3n) is 7.04. The van der Waals surface area contributed by atoms with Crippen LogP contribution in [0, 0.1) is 25.7 Å². The maximum absolute atomic E-state index is 13.8. The van der Waals surface area contributed by atoms with Gasteiger partial charge in [0.25, 0.3) is 0 Å². The fourth-order valence-corrected chi connectivity index (χ4v) is 9.22. The summed E-state index contributed by atoms with van der Waals surface area (Å²) in [6, 6.07) is 5.24. The minimum Gasteiger partial charge on any atom is -0.396 e. The number of amides is 3. The lowest BCUT2D eigenvalue weighted by molar-refractivity contribution is -0.139. The van der Waals surface area contributed by atoms with Gasteiger partial charge in [0.1, 0.15) is 6.04 Å². The van der Waals surface area contributed by atoms with Gasteiger partial charge in [0.05, 0.1) is 16.6 Å². The highest BCUT2D eigenvalue weighted by Crippen LogP contribution is 2.67. The molecule has 1 aromatic carbocycles. The van der Waals surface area contributed by atoms with E-state index in [0.717, 1.165) is 16.8 Å². The highest BCUT2D eigenvalue weighted by Gasteiger charge is 2.75. The van der Waals surface area contributed by atoms with Crippen molar-refractivity contribution >= 4 is 51.1 Å². The number of alkyl halides is 1. The van der Waals surface area contributed by atoms with Gasteiger partial charge in [0, 0.05) is 36.0 Å². The van der Waals surface area contributed by atoms with E-state index in [-0.39, 0.29) is 34.4 Å². The van der Waals surface area contributed by atoms with Crippen LogP contribution < -0.4 is 10.6 Å². The molecule has 3 aliphatic rings. The van der Waals surface area contributed by atoms with Gasteiger partial charge in [0.15, 0.2) is 0 Å². The quantitative estimate of drug-likeness (QED) is 0.376. The van der Waals surface area contributed by atoms with Crippen molar-refractivity contribution in [2.75, 3.05) is 25.5 Å². The first-order valence-electron chi connectivity index (χ1n) is 11.1. The molecule has 0 saturated carbocycles. The molecule has 7 nitrogen and oxygen atoms in total. The zero-order chi connectivity index (χ0) is 23.2. The summed E-state index contributed by atoms with van der Waals surface area (Å²) in [5, 5.41) is 15.0. The van der Waals surface area contributed by atoms with Gasteiger partial charge >= 0.3 is 0 Å². The molecule has 4 rings (SSSR count). The summed E-state index contributed by atoms with van der Waals surface area (Å²) in [7, 11) is 1.60. The first-order chi connectivity index (χ1) is 15.2. The molecule has 0 aromatic heterocycles. The normalized spacial score (nSPS) is 32.8. The number of aliphatic hydroxyl groups is 1. The smallest absolute Gasteiger partial charge is 0.248 e. The summed E-state index contributed by atoms with van der Waals surface area (Å²) >= 11 is 5.37. The first-order valence-corrected chi connectivity index (χ1v) is 12.9. The Morgan fingerprint density at radius 3 is 2.72 bits per heavy atom. The van der Waals surface area contributed by atoms with Crippen LogP contribution in [0.2, 0.25) is 0 Å². The van der Waals surface area contributed by atoms with Crippen LogP contribution in [0.3, 0.4) is 0 Å². The number of nitrogens with one attached hydrogen (secondary N) is 2. The van der Waals surface area contributed by atoms with Gasteiger partial charge in [-0.1, -0.05) is 28.1 Å². The molecule has 3 unspecified atom stereocenters. The number of carbonyl (C=O) groups excluding carboxylic acids is 3. The van der Waals surface area contributed by atoms with Crippen LogP contribution >= 0.6 is 27.7 Å². The minimum absolute atomic E-state index is 0.0388. The highest BCUT2D eigenvalue weighted by molar-refractivity contribution is 9.09. The number of benzene rings is 1. The summed E-state index contributed by atoms with van der Waals surface area (Å²) in [4.78, 5) is 42.0. The maximum atomic E-state index is 13.8. The average Bonchev–Trinajstić information content (AvgIpc) is 3.34. The standard InChI is InChI=1S/C23H30BrN3O4S/c1-12-6-7-13(2)15(10-12)26-21(30)19-23-11-14(24)18(32-23)16(20(29)25-3)17(23)22(31)27(19)8-4-5-9-28/h6-7,10,14,16-19,28H,4-5,8-9,11H2,1-3H3,(H,25,29)(H,26,30)/t14?,16-,17-,18-,19?,23?/m0/s1. The molecule has 6 atom stereocenters. The van der Waals surface area contributed by atoms with E-state index < -0.39 is 22.6 Å². The molecular weight excluding hydrogens is 494 g/mol. The average molecular weight is 524 g/mol. The van der Waals surface area contributed by atoms with Gasteiger partial charge in [-0.25, -0.2) is 0 Å². The van der Waals surface area contributed by atoms with Crippen molar-refractivity contribution < 1.29 is 19.5 Å². The van der Waals surface area contributed by atoms with Crippen LogP contribution in [0.5, 0.6) is 0 Å². The molecule has 32 heavy (non-hydrogen) atoms. The number of likely N-dealkylation sites (tertiary alicyclic amines) is 1. The first kappa shape index (κ1) is 23.6. The topological polar surface area (TPSA) is 98.7 Å². The largest absolute Gasteiger partial charge is 0.396 e. The van der Waals surface area contributed by atoms with E-state index in [1.54, 1.807) is 23.7 Å². The van der Waals surface area contributed by atoms with Gasteiger partial charge in [0.2, 0.25) is 17.7 Å². The molecule has 3 aliphatic heterocycles. The maximum Gasteiger partial charge on any atom is 0.248 e. The van der Waals surface area contributed by atoms with Gasteiger partial charge in [-0.05, 0) is 50.3 Å². The van der Waals surface area contributed by atoms with Crippen molar-refractivity contribution in [3.63, 3.8) is 0 Å². The second-order valence-corrected chi connectivity index (χ2v) is 11.8. The number of fused-ring (bicyclic) bond motifs is 1. The Balaban J connectivity index is 1.72. The number of aryl methyl sites for hydroxylation is 2. The van der Waals surface area contributed by atoms with Crippen LogP contribution in [-0.4, -0.2) is 68.8 Å². The number of hydrogen-bond donors (Lipinski definition) is 3. The lowest BCUT2D eigenvalue weighted by Crippen LogP contribution is -2.53. The molecule has 3 saturated heterocycles. The predicted molar refractivity (Wildman–Crippen MR) is 129 cm³/mol. The Morgan fingerprint density at radius 2 is 2.03 bits per heavy atom. The minimum atomic E-state index is -0.664. The van der Waals surface area contributed by atoms with Crippen molar-refractivity contribution in [2.24, 2.45) is 11.8 Å². The molecule has 9 heteroatoms. The Hall–Kier alpha value is -1.58. The summed E-state index contributed by atoms with van der Waals surface area (Å²) in [6.45, 7) is 4.35. The van der Waals surface area contributed by atoms with E-state index in [1.165, 1.54) is 0 Å². The van der Waals surface area contributed by atoms with Gasteiger partial charge in [-0.15, -0.1) is 11.8 Å². The van der Waals surface area contributed by atoms with E-state index in [0.29, 0.717) is 25.8 Å². The van der Waals surface area contributed by atoms with E-state index in [4.69, 9.17) is 0 Å². The zero-order valence-corrected chi connectivity index (χ0v) is 21.0. The number of hydrogen-bond acceptors (Lipinski definition) is 5. The number of thioether (sulfide) groups is 1. The fraction of sp³-hybridized carbons (Fsp3) is 0.609. The second kappa shape index (κ2) is 8.99. The number of rotatable bonds is 7. The SMILES string of the molecule is CNC(=O)[C@H]1[C@H]2C(=O)N(CCCCO)C(C(=O)Nc3cc(C)ccc3C)C23CC(Br)[C@@H]1S3. The highest BCUT2D eigenvalue weighted by atomic mass is 79.9. The molecule has 3 fully saturated rings. The van der Waals surface area contributed by atoms with Crippen molar-refractivity contribution in [3.8, 4) is 0 Å².